The number of carbonyl (C=O) groups excluding carboxylic acids is 2. The number of nitrogens with one attached hydrogen (secondary N) is 2. The first-order valence-corrected chi connectivity index (χ1v) is 11.5. The number of benzene rings is 2. The van der Waals surface area contributed by atoms with Crippen LogP contribution in [0.2, 0.25) is 0 Å². The van der Waals surface area contributed by atoms with Crippen molar-refractivity contribution in [2.75, 3.05) is 11.9 Å². The number of nitrogens with two attached hydrogens (primary N) is 2. The molecule has 1 amide bonds. The Morgan fingerprint density at radius 2 is 1.72 bits per heavy atom. The summed E-state index contributed by atoms with van der Waals surface area (Å²) in [6.45, 7) is 5.38. The molecule has 2 rings (SSSR count). The normalized spacial score (nSPS) is 11.6. The second kappa shape index (κ2) is 10.4. The van der Waals surface area contributed by atoms with Crippen molar-refractivity contribution in [2.24, 2.45) is 5.73 Å². The van der Waals surface area contributed by atoms with Crippen molar-refractivity contribution in [1.82, 2.24) is 4.72 Å². The first-order chi connectivity index (χ1) is 14.9. The summed E-state index contributed by atoms with van der Waals surface area (Å²) in [5.41, 5.74) is 6.07. The van der Waals surface area contributed by atoms with Crippen LogP contribution in [0.1, 0.15) is 49.5 Å². The van der Waals surface area contributed by atoms with E-state index >= 15 is 0 Å². The van der Waals surface area contributed by atoms with Crippen LogP contribution in [0.3, 0.4) is 0 Å². The number of rotatable bonds is 9. The van der Waals surface area contributed by atoms with E-state index in [0.717, 1.165) is 0 Å². The van der Waals surface area contributed by atoms with Gasteiger partial charge >= 0.3 is 5.97 Å². The van der Waals surface area contributed by atoms with Crippen molar-refractivity contribution in [2.45, 2.75) is 44.1 Å². The van der Waals surface area contributed by atoms with E-state index in [0.29, 0.717) is 16.8 Å². The molecule has 0 aliphatic carbocycles. The van der Waals surface area contributed by atoms with Gasteiger partial charge in [0.1, 0.15) is 5.60 Å². The van der Waals surface area contributed by atoms with Crippen LogP contribution in [-0.4, -0.2) is 38.3 Å². The van der Waals surface area contributed by atoms with Gasteiger partial charge < -0.3 is 10.1 Å². The molecule has 0 saturated heterocycles. The molecule has 0 aromatic heterocycles. The minimum atomic E-state index is -3.76. The van der Waals surface area contributed by atoms with E-state index in [1.54, 1.807) is 51.1 Å². The topological polar surface area (TPSA) is 153 Å². The Balaban J connectivity index is 1.86. The fraction of sp³-hybridized carbons (Fsp3) is 0.318. The lowest BCUT2D eigenvalue weighted by molar-refractivity contribution is -0.116. The highest BCUT2D eigenvalue weighted by Gasteiger charge is 2.18. The smallest absolute Gasteiger partial charge is 0.338 e. The molecular formula is C22H29N4O5S+. The fourth-order valence-corrected chi connectivity index (χ4v) is 3.79. The van der Waals surface area contributed by atoms with Crippen LogP contribution in [0.25, 0.3) is 0 Å². The molecule has 0 atom stereocenters. The van der Waals surface area contributed by atoms with E-state index < -0.39 is 21.6 Å². The number of anilines is 1. The molecule has 0 heterocycles. The monoisotopic (exact) mass is 461 g/mol. The average Bonchev–Trinajstić information content (AvgIpc) is 2.70. The van der Waals surface area contributed by atoms with Crippen molar-refractivity contribution in [3.63, 3.8) is 0 Å². The Bertz CT molecular complexity index is 1110. The minimum absolute atomic E-state index is 0.0226. The van der Waals surface area contributed by atoms with Gasteiger partial charge in [-0.25, -0.2) is 17.9 Å². The lowest BCUT2D eigenvalue weighted by Gasteiger charge is -2.19. The Kier molecular flexibility index (Phi) is 8.12. The SMILES string of the molecule is CC(C)(C)OC(=O)c1cccc(NC(=O)CCCNS(=O)(=O)c2cccc(C(N)=[NH2+])c2)c1. The van der Waals surface area contributed by atoms with E-state index in [2.05, 4.69) is 10.0 Å². The van der Waals surface area contributed by atoms with Gasteiger partial charge in [-0.3, -0.25) is 15.9 Å². The highest BCUT2D eigenvalue weighted by Crippen LogP contribution is 2.16. The number of hydrogen-bond donors (Lipinski definition) is 4. The summed E-state index contributed by atoms with van der Waals surface area (Å²) in [7, 11) is -3.76. The van der Waals surface area contributed by atoms with Crippen molar-refractivity contribution >= 4 is 33.4 Å². The molecule has 0 aliphatic heterocycles. The van der Waals surface area contributed by atoms with Gasteiger partial charge in [0.25, 0.3) is 5.84 Å². The second-order valence-corrected chi connectivity index (χ2v) is 9.88. The summed E-state index contributed by atoms with van der Waals surface area (Å²) in [5.74, 6) is -0.770. The molecule has 0 aliphatic rings. The third-order valence-electron chi connectivity index (χ3n) is 4.13. The molecule has 0 saturated carbocycles. The molecule has 172 valence electrons. The summed E-state index contributed by atoms with van der Waals surface area (Å²) in [6.07, 6.45) is 0.365. The maximum absolute atomic E-state index is 12.4. The average molecular weight is 462 g/mol. The summed E-state index contributed by atoms with van der Waals surface area (Å²) in [4.78, 5) is 24.4. The third kappa shape index (κ3) is 7.78. The number of amidine groups is 1. The third-order valence-corrected chi connectivity index (χ3v) is 5.59. The van der Waals surface area contributed by atoms with E-state index in [-0.39, 0.29) is 36.0 Å². The predicted molar refractivity (Wildman–Crippen MR) is 121 cm³/mol. The van der Waals surface area contributed by atoms with Gasteiger partial charge in [0.05, 0.1) is 16.0 Å². The number of esters is 1. The molecule has 0 unspecified atom stereocenters. The minimum Gasteiger partial charge on any atom is -0.456 e. The molecule has 2 aromatic carbocycles. The van der Waals surface area contributed by atoms with Crippen LogP contribution < -0.4 is 21.2 Å². The van der Waals surface area contributed by atoms with E-state index in [1.807, 2.05) is 0 Å². The van der Waals surface area contributed by atoms with E-state index in [4.69, 9.17) is 15.9 Å². The van der Waals surface area contributed by atoms with Gasteiger partial charge in [0.2, 0.25) is 15.9 Å². The second-order valence-electron chi connectivity index (χ2n) is 8.12. The van der Waals surface area contributed by atoms with Gasteiger partial charge in [0, 0.05) is 18.7 Å². The zero-order valence-electron chi connectivity index (χ0n) is 18.3. The highest BCUT2D eigenvalue weighted by molar-refractivity contribution is 7.89. The first-order valence-electron chi connectivity index (χ1n) is 9.99. The Hall–Kier alpha value is -3.24. The van der Waals surface area contributed by atoms with Crippen LogP contribution >= 0.6 is 0 Å². The molecule has 0 radical (unpaired) electrons. The molecule has 6 N–H and O–H groups in total. The molecule has 0 spiro atoms. The van der Waals surface area contributed by atoms with Crippen LogP contribution in [0.15, 0.2) is 53.4 Å². The highest BCUT2D eigenvalue weighted by atomic mass is 32.2. The van der Waals surface area contributed by atoms with E-state index in [9.17, 15) is 18.0 Å². The van der Waals surface area contributed by atoms with Gasteiger partial charge in [-0.1, -0.05) is 12.1 Å². The zero-order chi connectivity index (χ0) is 23.9. The summed E-state index contributed by atoms with van der Waals surface area (Å²) in [5, 5.41) is 8.20. The largest absolute Gasteiger partial charge is 0.456 e. The quantitative estimate of drug-likeness (QED) is 0.188. The van der Waals surface area contributed by atoms with Crippen molar-refractivity contribution < 1.29 is 28.2 Å². The summed E-state index contributed by atoms with van der Waals surface area (Å²) < 4.78 is 32.6. The number of sulfonamides is 1. The standard InChI is InChI=1S/C22H28N4O5S/c1-22(2,3)31-21(28)16-8-4-9-17(13-16)26-19(27)11-6-12-25-32(29,30)18-10-5-7-15(14-18)20(23)24/h4-5,7-10,13-14,25H,6,11-12H2,1-3H3,(H3,23,24)(H,26,27)/p+1. The molecule has 10 heteroatoms. The fourth-order valence-electron chi connectivity index (χ4n) is 2.67. The molecule has 0 fully saturated rings. The molecular weight excluding hydrogens is 432 g/mol. The van der Waals surface area contributed by atoms with Crippen LogP contribution in [0.5, 0.6) is 0 Å². The summed E-state index contributed by atoms with van der Waals surface area (Å²) in [6, 6.07) is 12.4. The maximum Gasteiger partial charge on any atom is 0.338 e. The first kappa shape index (κ1) is 25.0. The van der Waals surface area contributed by atoms with Gasteiger partial charge in [-0.15, -0.1) is 0 Å². The van der Waals surface area contributed by atoms with Crippen LogP contribution in [0.4, 0.5) is 5.69 Å². The van der Waals surface area contributed by atoms with Crippen molar-refractivity contribution in [3.05, 3.63) is 59.7 Å². The molecule has 9 nitrogen and oxygen atoms in total. The number of hydrogen-bond acceptors (Lipinski definition) is 5. The molecule has 2 aromatic rings. The van der Waals surface area contributed by atoms with Crippen molar-refractivity contribution in [1.29, 1.82) is 0 Å². The maximum atomic E-state index is 12.4. The predicted octanol–water partition coefficient (Wildman–Crippen LogP) is 0.804. The lowest BCUT2D eigenvalue weighted by Crippen LogP contribution is -2.46. The zero-order valence-corrected chi connectivity index (χ0v) is 19.2. The summed E-state index contributed by atoms with van der Waals surface area (Å²) >= 11 is 0. The van der Waals surface area contributed by atoms with Crippen LogP contribution in [0, 0.1) is 0 Å². The Morgan fingerprint density at radius 3 is 2.38 bits per heavy atom. The molecule has 0 bridgehead atoms. The van der Waals surface area contributed by atoms with Gasteiger partial charge in [-0.05, 0) is 63.6 Å². The molecule has 32 heavy (non-hydrogen) atoms. The Labute approximate surface area is 187 Å². The Morgan fingerprint density at radius 1 is 1.06 bits per heavy atom. The number of ether oxygens (including phenoxy) is 1. The van der Waals surface area contributed by atoms with Gasteiger partial charge in [0.15, 0.2) is 0 Å². The van der Waals surface area contributed by atoms with E-state index in [1.165, 1.54) is 18.2 Å². The number of carbonyl (C=O) groups is 2. The van der Waals surface area contributed by atoms with Gasteiger partial charge in [-0.2, -0.15) is 0 Å². The van der Waals surface area contributed by atoms with Crippen molar-refractivity contribution in [3.8, 4) is 0 Å². The lowest BCUT2D eigenvalue weighted by atomic mass is 10.1. The number of amides is 1. The van der Waals surface area contributed by atoms with Crippen LogP contribution in [-0.2, 0) is 19.6 Å².